The quantitative estimate of drug-likeness (QED) is 0.485. The zero-order valence-corrected chi connectivity index (χ0v) is 10.2. The third-order valence-corrected chi connectivity index (χ3v) is 2.47. The number of carbonyl (C=O) groups is 1. The van der Waals surface area contributed by atoms with E-state index in [-0.39, 0.29) is 12.1 Å². The molecule has 0 aliphatic rings. The van der Waals surface area contributed by atoms with Crippen LogP contribution >= 0.6 is 22.6 Å². The molecule has 14 heavy (non-hydrogen) atoms. The maximum Gasteiger partial charge on any atom is 0.303 e. The van der Waals surface area contributed by atoms with Crippen LogP contribution in [0.15, 0.2) is 30.3 Å². The summed E-state index contributed by atoms with van der Waals surface area (Å²) in [7, 11) is 0. The molecular weight excluding hydrogens is 291 g/mol. The molecule has 76 valence electrons. The Hall–Kier alpha value is -0.580. The van der Waals surface area contributed by atoms with E-state index in [1.165, 1.54) is 6.92 Å². The van der Waals surface area contributed by atoms with E-state index < -0.39 is 0 Å². The van der Waals surface area contributed by atoms with Gasteiger partial charge in [0.1, 0.15) is 6.10 Å². The lowest BCUT2D eigenvalue weighted by Crippen LogP contribution is -2.08. The standard InChI is InChI=1S/C11H13IO2/c1-9(13)14-11(7-8-12)10-5-3-2-4-6-10/h2-6,11H,7-8H2,1H3. The fourth-order valence-corrected chi connectivity index (χ4v) is 1.83. The van der Waals surface area contributed by atoms with Crippen LogP contribution in [-0.2, 0) is 9.53 Å². The Morgan fingerprint density at radius 2 is 2.07 bits per heavy atom. The van der Waals surface area contributed by atoms with Gasteiger partial charge in [0.15, 0.2) is 0 Å². The predicted octanol–water partition coefficient (Wildman–Crippen LogP) is 3.12. The Kier molecular flexibility index (Phi) is 4.93. The van der Waals surface area contributed by atoms with Crippen LogP contribution in [0, 0.1) is 0 Å². The third-order valence-electron chi connectivity index (χ3n) is 1.85. The second-order valence-corrected chi connectivity index (χ2v) is 4.07. The van der Waals surface area contributed by atoms with Gasteiger partial charge in [0.05, 0.1) is 0 Å². The number of hydrogen-bond donors (Lipinski definition) is 0. The van der Waals surface area contributed by atoms with Gasteiger partial charge in [-0.1, -0.05) is 52.9 Å². The highest BCUT2D eigenvalue weighted by molar-refractivity contribution is 14.1. The largest absolute Gasteiger partial charge is 0.458 e. The number of rotatable bonds is 4. The van der Waals surface area contributed by atoms with Crippen LogP contribution < -0.4 is 0 Å². The molecular formula is C11H13IO2. The molecule has 0 saturated heterocycles. The molecule has 1 aromatic carbocycles. The van der Waals surface area contributed by atoms with Crippen molar-refractivity contribution in [3.8, 4) is 0 Å². The van der Waals surface area contributed by atoms with E-state index in [1.54, 1.807) is 0 Å². The maximum atomic E-state index is 10.9. The van der Waals surface area contributed by atoms with E-state index in [9.17, 15) is 4.79 Å². The SMILES string of the molecule is CC(=O)OC(CCI)c1ccccc1. The van der Waals surface area contributed by atoms with Crippen molar-refractivity contribution in [3.05, 3.63) is 35.9 Å². The average Bonchev–Trinajstić information content (AvgIpc) is 2.18. The number of esters is 1. The van der Waals surface area contributed by atoms with E-state index >= 15 is 0 Å². The van der Waals surface area contributed by atoms with Crippen LogP contribution in [0.1, 0.15) is 25.0 Å². The lowest BCUT2D eigenvalue weighted by molar-refractivity contribution is -0.146. The molecule has 1 rings (SSSR count). The molecule has 0 radical (unpaired) electrons. The number of hydrogen-bond acceptors (Lipinski definition) is 2. The molecule has 0 fully saturated rings. The van der Waals surface area contributed by atoms with Crippen molar-refractivity contribution in [3.63, 3.8) is 0 Å². The average molecular weight is 304 g/mol. The molecule has 1 aromatic rings. The monoisotopic (exact) mass is 304 g/mol. The Bertz CT molecular complexity index is 285. The van der Waals surface area contributed by atoms with E-state index in [1.807, 2.05) is 30.3 Å². The highest BCUT2D eigenvalue weighted by Crippen LogP contribution is 2.21. The first-order chi connectivity index (χ1) is 6.74. The third kappa shape index (κ3) is 3.65. The van der Waals surface area contributed by atoms with E-state index in [2.05, 4.69) is 22.6 Å². The summed E-state index contributed by atoms with van der Waals surface area (Å²) in [6.07, 6.45) is 0.773. The van der Waals surface area contributed by atoms with Gasteiger partial charge in [0.25, 0.3) is 0 Å². The van der Waals surface area contributed by atoms with Crippen LogP contribution in [0.2, 0.25) is 0 Å². The summed E-state index contributed by atoms with van der Waals surface area (Å²) in [4.78, 5) is 10.9. The van der Waals surface area contributed by atoms with Crippen molar-refractivity contribution in [2.75, 3.05) is 4.43 Å². The van der Waals surface area contributed by atoms with Crippen LogP contribution in [0.25, 0.3) is 0 Å². The van der Waals surface area contributed by atoms with Gasteiger partial charge < -0.3 is 4.74 Å². The predicted molar refractivity (Wildman–Crippen MR) is 64.5 cm³/mol. The Morgan fingerprint density at radius 1 is 1.43 bits per heavy atom. The number of alkyl halides is 1. The molecule has 0 saturated carbocycles. The van der Waals surface area contributed by atoms with E-state index in [0.717, 1.165) is 16.4 Å². The fourth-order valence-electron chi connectivity index (χ4n) is 1.26. The first-order valence-corrected chi connectivity index (χ1v) is 6.04. The topological polar surface area (TPSA) is 26.3 Å². The van der Waals surface area contributed by atoms with Gasteiger partial charge in [-0.2, -0.15) is 0 Å². The minimum Gasteiger partial charge on any atom is -0.458 e. The van der Waals surface area contributed by atoms with Crippen LogP contribution in [0.4, 0.5) is 0 Å². The van der Waals surface area contributed by atoms with Crippen molar-refractivity contribution in [2.24, 2.45) is 0 Å². The number of ether oxygens (including phenoxy) is 1. The smallest absolute Gasteiger partial charge is 0.303 e. The van der Waals surface area contributed by atoms with Crippen molar-refractivity contribution in [2.45, 2.75) is 19.4 Å². The number of benzene rings is 1. The molecule has 0 aliphatic heterocycles. The van der Waals surface area contributed by atoms with Gasteiger partial charge in [0, 0.05) is 11.4 Å². The zero-order valence-electron chi connectivity index (χ0n) is 8.07. The molecule has 0 aromatic heterocycles. The maximum absolute atomic E-state index is 10.9. The van der Waals surface area contributed by atoms with E-state index in [0.29, 0.717) is 0 Å². The van der Waals surface area contributed by atoms with Gasteiger partial charge >= 0.3 is 5.97 Å². The molecule has 0 spiro atoms. The van der Waals surface area contributed by atoms with Gasteiger partial charge in [-0.25, -0.2) is 0 Å². The Labute approximate surface area is 97.8 Å². The van der Waals surface area contributed by atoms with Crippen molar-refractivity contribution < 1.29 is 9.53 Å². The second kappa shape index (κ2) is 6.01. The normalized spacial score (nSPS) is 12.1. The highest BCUT2D eigenvalue weighted by atomic mass is 127. The van der Waals surface area contributed by atoms with Crippen molar-refractivity contribution in [1.29, 1.82) is 0 Å². The highest BCUT2D eigenvalue weighted by Gasteiger charge is 2.12. The fraction of sp³-hybridized carbons (Fsp3) is 0.364. The summed E-state index contributed by atoms with van der Waals surface area (Å²) < 4.78 is 6.21. The van der Waals surface area contributed by atoms with Crippen LogP contribution in [0.5, 0.6) is 0 Å². The van der Waals surface area contributed by atoms with E-state index in [4.69, 9.17) is 4.74 Å². The number of halogens is 1. The zero-order chi connectivity index (χ0) is 10.4. The summed E-state index contributed by atoms with van der Waals surface area (Å²) in [6, 6.07) is 9.84. The van der Waals surface area contributed by atoms with Crippen molar-refractivity contribution >= 4 is 28.6 Å². The summed E-state index contributed by atoms with van der Waals surface area (Å²) in [6.45, 7) is 1.45. The summed E-state index contributed by atoms with van der Waals surface area (Å²) in [5.41, 5.74) is 1.07. The molecule has 0 aliphatic carbocycles. The molecule has 1 atom stereocenters. The minimum absolute atomic E-state index is 0.0920. The lowest BCUT2D eigenvalue weighted by Gasteiger charge is -2.15. The number of carbonyl (C=O) groups excluding carboxylic acids is 1. The van der Waals surface area contributed by atoms with Crippen LogP contribution in [-0.4, -0.2) is 10.4 Å². The molecule has 0 heterocycles. The van der Waals surface area contributed by atoms with Gasteiger partial charge in [-0.3, -0.25) is 4.79 Å². The van der Waals surface area contributed by atoms with Gasteiger partial charge in [-0.15, -0.1) is 0 Å². The van der Waals surface area contributed by atoms with Crippen LogP contribution in [0.3, 0.4) is 0 Å². The van der Waals surface area contributed by atoms with Gasteiger partial charge in [-0.05, 0) is 12.0 Å². The Morgan fingerprint density at radius 3 is 2.57 bits per heavy atom. The first-order valence-electron chi connectivity index (χ1n) is 4.52. The molecule has 0 amide bonds. The minimum atomic E-state index is -0.219. The first kappa shape index (κ1) is 11.5. The molecule has 3 heteroatoms. The van der Waals surface area contributed by atoms with Crippen molar-refractivity contribution in [1.82, 2.24) is 0 Å². The molecule has 2 nitrogen and oxygen atoms in total. The molecule has 0 N–H and O–H groups in total. The second-order valence-electron chi connectivity index (χ2n) is 2.99. The summed E-state index contributed by atoms with van der Waals surface area (Å²) >= 11 is 2.28. The lowest BCUT2D eigenvalue weighted by atomic mass is 10.1. The summed E-state index contributed by atoms with van der Waals surface area (Å²) in [5.74, 6) is -0.219. The molecule has 1 unspecified atom stereocenters. The summed E-state index contributed by atoms with van der Waals surface area (Å²) in [5, 5.41) is 0. The van der Waals surface area contributed by atoms with Gasteiger partial charge in [0.2, 0.25) is 0 Å². The molecule has 0 bridgehead atoms. The Balaban J connectivity index is 2.72.